The van der Waals surface area contributed by atoms with E-state index in [4.69, 9.17) is 0 Å². The molecule has 0 spiro atoms. The van der Waals surface area contributed by atoms with Gasteiger partial charge in [-0.25, -0.2) is 9.37 Å². The number of imidazole rings is 1. The number of aliphatic hydroxyl groups is 2. The fourth-order valence-corrected chi connectivity index (χ4v) is 3.57. The van der Waals surface area contributed by atoms with Crippen LogP contribution in [-0.4, -0.2) is 37.9 Å². The van der Waals surface area contributed by atoms with Crippen molar-refractivity contribution in [1.29, 1.82) is 0 Å². The second-order valence-electron chi connectivity index (χ2n) is 7.56. The average molecular weight is 465 g/mol. The number of hydrogen-bond acceptors (Lipinski definition) is 5. The standard InChI is InChI=1S/C23H22F4N2O4/c24-16-8-6-15(7-9-16)21-20(14-4-2-1-3-5-14)28-22(23(25,26)27)29(21)11-10-17(30)12-18(31)13-19(32)33/h1-9,17-18,30-31H,10-13H2,(H,32,33)/p-1/t17-,18-/m1/s1. The Morgan fingerprint density at radius 1 is 1.00 bits per heavy atom. The summed E-state index contributed by atoms with van der Waals surface area (Å²) in [4.78, 5) is 14.4. The summed E-state index contributed by atoms with van der Waals surface area (Å²) in [5.74, 6) is -3.25. The molecular weight excluding hydrogens is 444 g/mol. The van der Waals surface area contributed by atoms with Gasteiger partial charge in [0.2, 0.25) is 5.82 Å². The number of carboxylic acid groups (broad SMARTS) is 1. The summed E-state index contributed by atoms with van der Waals surface area (Å²) in [7, 11) is 0. The molecule has 2 N–H and O–H groups in total. The summed E-state index contributed by atoms with van der Waals surface area (Å²) in [6.45, 7) is -0.333. The second kappa shape index (κ2) is 10.1. The highest BCUT2D eigenvalue weighted by molar-refractivity contribution is 5.79. The average Bonchev–Trinajstić information content (AvgIpc) is 3.13. The van der Waals surface area contributed by atoms with Crippen LogP contribution < -0.4 is 5.11 Å². The van der Waals surface area contributed by atoms with Gasteiger partial charge in [0.25, 0.3) is 0 Å². The largest absolute Gasteiger partial charge is 0.550 e. The number of nitrogens with zero attached hydrogens (tertiary/aromatic N) is 2. The molecule has 0 saturated carbocycles. The van der Waals surface area contributed by atoms with E-state index in [2.05, 4.69) is 4.98 Å². The van der Waals surface area contributed by atoms with Crippen molar-refractivity contribution in [3.8, 4) is 22.5 Å². The van der Waals surface area contributed by atoms with Crippen LogP contribution in [0.15, 0.2) is 54.6 Å². The summed E-state index contributed by atoms with van der Waals surface area (Å²) in [5, 5.41) is 30.4. The predicted octanol–water partition coefficient (Wildman–Crippen LogP) is 3.02. The zero-order valence-corrected chi connectivity index (χ0v) is 17.3. The van der Waals surface area contributed by atoms with Crippen LogP contribution in [0.5, 0.6) is 0 Å². The van der Waals surface area contributed by atoms with Gasteiger partial charge in [0.15, 0.2) is 0 Å². The van der Waals surface area contributed by atoms with E-state index >= 15 is 0 Å². The smallest absolute Gasteiger partial charge is 0.449 e. The van der Waals surface area contributed by atoms with E-state index in [1.165, 1.54) is 12.1 Å². The minimum absolute atomic E-state index is 0.0426. The first-order chi connectivity index (χ1) is 15.6. The molecule has 2 aromatic carbocycles. The molecule has 10 heteroatoms. The van der Waals surface area contributed by atoms with E-state index in [-0.39, 0.29) is 30.8 Å². The van der Waals surface area contributed by atoms with E-state index in [0.29, 0.717) is 11.1 Å². The van der Waals surface area contributed by atoms with Gasteiger partial charge in [-0.2, -0.15) is 13.2 Å². The number of aromatic nitrogens is 2. The number of halogens is 4. The summed E-state index contributed by atoms with van der Waals surface area (Å²) < 4.78 is 56.1. The van der Waals surface area contributed by atoms with Crippen LogP contribution in [0.2, 0.25) is 0 Å². The van der Waals surface area contributed by atoms with Crippen LogP contribution in [0.25, 0.3) is 22.5 Å². The fraction of sp³-hybridized carbons (Fsp3) is 0.304. The highest BCUT2D eigenvalue weighted by atomic mass is 19.4. The van der Waals surface area contributed by atoms with Crippen LogP contribution in [0, 0.1) is 5.82 Å². The van der Waals surface area contributed by atoms with Gasteiger partial charge in [0, 0.05) is 30.1 Å². The molecule has 0 aliphatic rings. The first kappa shape index (κ1) is 24.4. The number of aliphatic carboxylic acids is 1. The highest BCUT2D eigenvalue weighted by Gasteiger charge is 2.39. The zero-order chi connectivity index (χ0) is 24.2. The van der Waals surface area contributed by atoms with E-state index in [1.54, 1.807) is 30.3 Å². The summed E-state index contributed by atoms with van der Waals surface area (Å²) in [6.07, 6.45) is -8.75. The van der Waals surface area contributed by atoms with Crippen molar-refractivity contribution in [2.45, 2.75) is 44.2 Å². The number of benzene rings is 2. The first-order valence-electron chi connectivity index (χ1n) is 10.1. The Labute approximate surface area is 186 Å². The van der Waals surface area contributed by atoms with Gasteiger partial charge in [0.05, 0.1) is 23.6 Å². The van der Waals surface area contributed by atoms with E-state index in [1.807, 2.05) is 0 Å². The van der Waals surface area contributed by atoms with Gasteiger partial charge in [-0.3, -0.25) is 0 Å². The molecule has 2 atom stereocenters. The molecule has 1 aromatic heterocycles. The van der Waals surface area contributed by atoms with Crippen molar-refractivity contribution >= 4 is 5.97 Å². The SMILES string of the molecule is O=C([O-])C[C@H](O)C[C@H](O)CCn1c(C(F)(F)F)nc(-c2ccccc2)c1-c1ccc(F)cc1. The Hall–Kier alpha value is -3.24. The van der Waals surface area contributed by atoms with Crippen molar-refractivity contribution in [1.82, 2.24) is 9.55 Å². The third kappa shape index (κ3) is 6.17. The highest BCUT2D eigenvalue weighted by Crippen LogP contribution is 2.39. The summed E-state index contributed by atoms with van der Waals surface area (Å²) >= 11 is 0. The maximum absolute atomic E-state index is 13.9. The van der Waals surface area contributed by atoms with Gasteiger partial charge < -0.3 is 24.7 Å². The van der Waals surface area contributed by atoms with Crippen LogP contribution in [0.1, 0.15) is 25.1 Å². The molecule has 0 amide bonds. The van der Waals surface area contributed by atoms with Crippen LogP contribution >= 0.6 is 0 Å². The number of rotatable bonds is 9. The minimum Gasteiger partial charge on any atom is -0.550 e. The molecule has 0 fully saturated rings. The Kier molecular flexibility index (Phi) is 7.50. The molecule has 3 aromatic rings. The molecular formula is C23H21F4N2O4-. The van der Waals surface area contributed by atoms with E-state index < -0.39 is 42.4 Å². The van der Waals surface area contributed by atoms with E-state index in [9.17, 15) is 37.7 Å². The second-order valence-corrected chi connectivity index (χ2v) is 7.56. The lowest BCUT2D eigenvalue weighted by Gasteiger charge is -2.19. The maximum Gasteiger partial charge on any atom is 0.449 e. The van der Waals surface area contributed by atoms with Crippen molar-refractivity contribution in [2.24, 2.45) is 0 Å². The van der Waals surface area contributed by atoms with Gasteiger partial charge >= 0.3 is 6.18 Å². The molecule has 1 heterocycles. The fourth-order valence-electron chi connectivity index (χ4n) is 3.57. The van der Waals surface area contributed by atoms with Gasteiger partial charge in [-0.1, -0.05) is 30.3 Å². The number of hydrogen-bond donors (Lipinski definition) is 2. The minimum atomic E-state index is -4.82. The van der Waals surface area contributed by atoms with E-state index in [0.717, 1.165) is 16.7 Å². The number of alkyl halides is 3. The normalized spacial score (nSPS) is 13.6. The molecule has 33 heavy (non-hydrogen) atoms. The molecule has 0 saturated heterocycles. The predicted molar refractivity (Wildman–Crippen MR) is 109 cm³/mol. The van der Waals surface area contributed by atoms with Gasteiger partial charge in [-0.15, -0.1) is 0 Å². The Morgan fingerprint density at radius 2 is 1.64 bits per heavy atom. The Balaban J connectivity index is 2.04. The number of carboxylic acids is 1. The van der Waals surface area contributed by atoms with Crippen LogP contribution in [-0.2, 0) is 17.5 Å². The zero-order valence-electron chi connectivity index (χ0n) is 17.3. The van der Waals surface area contributed by atoms with Crippen molar-refractivity contribution < 1.29 is 37.7 Å². The van der Waals surface area contributed by atoms with Crippen molar-refractivity contribution in [3.63, 3.8) is 0 Å². The molecule has 0 unspecified atom stereocenters. The summed E-state index contributed by atoms with van der Waals surface area (Å²) in [5.41, 5.74) is 0.854. The third-order valence-corrected chi connectivity index (χ3v) is 5.02. The Bertz CT molecular complexity index is 1080. The van der Waals surface area contributed by atoms with Crippen LogP contribution in [0.4, 0.5) is 17.6 Å². The van der Waals surface area contributed by atoms with Gasteiger partial charge in [-0.05, 0) is 37.1 Å². The monoisotopic (exact) mass is 465 g/mol. The molecule has 0 bridgehead atoms. The molecule has 0 aliphatic carbocycles. The van der Waals surface area contributed by atoms with Crippen molar-refractivity contribution in [2.75, 3.05) is 0 Å². The lowest BCUT2D eigenvalue weighted by atomic mass is 10.0. The molecule has 0 aliphatic heterocycles. The third-order valence-electron chi connectivity index (χ3n) is 5.02. The number of carbonyl (C=O) groups excluding carboxylic acids is 1. The topological polar surface area (TPSA) is 98.4 Å². The van der Waals surface area contributed by atoms with Crippen molar-refractivity contribution in [3.05, 3.63) is 66.2 Å². The molecule has 0 radical (unpaired) electrons. The van der Waals surface area contributed by atoms with Gasteiger partial charge in [0.1, 0.15) is 5.82 Å². The first-order valence-corrected chi connectivity index (χ1v) is 10.1. The molecule has 6 nitrogen and oxygen atoms in total. The molecule has 176 valence electrons. The maximum atomic E-state index is 13.9. The molecule has 3 rings (SSSR count). The lowest BCUT2D eigenvalue weighted by Crippen LogP contribution is -2.30. The number of aliphatic hydroxyl groups excluding tert-OH is 2. The lowest BCUT2D eigenvalue weighted by molar-refractivity contribution is -0.307. The Morgan fingerprint density at radius 3 is 2.21 bits per heavy atom. The van der Waals surface area contributed by atoms with Crippen LogP contribution in [0.3, 0.4) is 0 Å². The summed E-state index contributed by atoms with van der Waals surface area (Å²) in [6, 6.07) is 13.1. The number of carbonyl (C=O) groups is 1. The quantitative estimate of drug-likeness (QED) is 0.474.